The maximum Gasteiger partial charge on any atom is 0.410 e. The fourth-order valence-corrected chi connectivity index (χ4v) is 3.29. The number of hydrogen-bond donors (Lipinski definition) is 0. The molecule has 0 aliphatic carbocycles. The van der Waals surface area contributed by atoms with E-state index in [4.69, 9.17) is 4.74 Å². The summed E-state index contributed by atoms with van der Waals surface area (Å²) in [5.41, 5.74) is 0.246. The van der Waals surface area contributed by atoms with E-state index in [0.717, 1.165) is 15.6 Å². The summed E-state index contributed by atoms with van der Waals surface area (Å²) in [7, 11) is 0. The Hall–Kier alpha value is -1.94. The second-order valence-corrected chi connectivity index (χ2v) is 7.49. The van der Waals surface area contributed by atoms with Crippen molar-refractivity contribution in [2.45, 2.75) is 38.3 Å². The fraction of sp³-hybridized carbons (Fsp3) is 0.500. The molecular formula is C16H18BrN3O3. The number of halogens is 1. The number of nitriles is 1. The number of hydrogen-bond acceptors (Lipinski definition) is 5. The molecule has 0 saturated carbocycles. The number of likely N-dealkylation sites (tertiary alicyclic amines) is 1. The van der Waals surface area contributed by atoms with Crippen LogP contribution >= 0.6 is 15.9 Å². The van der Waals surface area contributed by atoms with Crippen LogP contribution in [0.25, 0.3) is 0 Å². The minimum absolute atomic E-state index is 0.0858. The van der Waals surface area contributed by atoms with Crippen LogP contribution in [0.15, 0.2) is 27.8 Å². The van der Waals surface area contributed by atoms with Crippen LogP contribution in [0.5, 0.6) is 0 Å². The van der Waals surface area contributed by atoms with Gasteiger partial charge in [-0.05, 0) is 38.0 Å². The minimum atomic E-state index is -0.761. The molecule has 0 spiro atoms. The molecular weight excluding hydrogens is 362 g/mol. The predicted molar refractivity (Wildman–Crippen MR) is 88.7 cm³/mol. The van der Waals surface area contributed by atoms with Gasteiger partial charge in [-0.3, -0.25) is 0 Å². The van der Waals surface area contributed by atoms with Gasteiger partial charge < -0.3 is 9.64 Å². The highest BCUT2D eigenvalue weighted by molar-refractivity contribution is 9.10. The number of rotatable bonds is 3. The molecule has 1 amide bonds. The summed E-state index contributed by atoms with van der Waals surface area (Å²) in [5, 5.41) is 12.5. The van der Waals surface area contributed by atoms with E-state index in [1.165, 1.54) is 4.90 Å². The van der Waals surface area contributed by atoms with E-state index in [-0.39, 0.29) is 19.6 Å². The van der Waals surface area contributed by atoms with Crippen molar-refractivity contribution in [3.05, 3.63) is 38.7 Å². The number of ether oxygens (including phenoxy) is 1. The van der Waals surface area contributed by atoms with Gasteiger partial charge in [0.15, 0.2) is 0 Å². The van der Waals surface area contributed by atoms with Gasteiger partial charge in [0.2, 0.25) is 0 Å². The van der Waals surface area contributed by atoms with Crippen LogP contribution in [-0.2, 0) is 16.7 Å². The summed E-state index contributed by atoms with van der Waals surface area (Å²) >= 11 is 3.44. The molecule has 1 aromatic carbocycles. The smallest absolute Gasteiger partial charge is 0.410 e. The van der Waals surface area contributed by atoms with Crippen LogP contribution in [-0.4, -0.2) is 29.7 Å². The molecule has 0 aromatic heterocycles. The zero-order valence-electron chi connectivity index (χ0n) is 13.3. The van der Waals surface area contributed by atoms with Gasteiger partial charge in [-0.25, -0.2) is 4.79 Å². The maximum absolute atomic E-state index is 12.0. The Balaban J connectivity index is 2.15. The first-order valence-corrected chi connectivity index (χ1v) is 7.97. The number of benzene rings is 1. The number of carbonyl (C=O) groups is 1. The van der Waals surface area contributed by atoms with Crippen molar-refractivity contribution in [1.82, 2.24) is 4.90 Å². The molecule has 0 atom stereocenters. The summed E-state index contributed by atoms with van der Waals surface area (Å²) < 4.78 is 6.06. The third-order valence-electron chi connectivity index (χ3n) is 3.58. The van der Waals surface area contributed by atoms with Crippen LogP contribution in [0.1, 0.15) is 31.9 Å². The second-order valence-electron chi connectivity index (χ2n) is 6.63. The lowest BCUT2D eigenvalue weighted by Gasteiger charge is -2.46. The maximum atomic E-state index is 12.0. The Morgan fingerprint density at radius 3 is 2.61 bits per heavy atom. The van der Waals surface area contributed by atoms with Gasteiger partial charge in [0.1, 0.15) is 17.6 Å². The highest BCUT2D eigenvalue weighted by Gasteiger charge is 2.49. The average molecular weight is 380 g/mol. The first kappa shape index (κ1) is 17.4. The monoisotopic (exact) mass is 379 g/mol. The van der Waals surface area contributed by atoms with E-state index >= 15 is 0 Å². The molecule has 0 N–H and O–H groups in total. The minimum Gasteiger partial charge on any atom is -0.444 e. The molecule has 1 aliphatic heterocycles. The summed E-state index contributed by atoms with van der Waals surface area (Å²) in [6.07, 6.45) is -0.415. The van der Waals surface area contributed by atoms with Gasteiger partial charge in [0.25, 0.3) is 0 Å². The highest BCUT2D eigenvalue weighted by atomic mass is 79.9. The van der Waals surface area contributed by atoms with Crippen molar-refractivity contribution >= 4 is 22.0 Å². The zero-order valence-corrected chi connectivity index (χ0v) is 14.9. The van der Waals surface area contributed by atoms with Gasteiger partial charge in [0, 0.05) is 17.6 Å². The summed E-state index contributed by atoms with van der Waals surface area (Å²) in [5.74, 6) is 0. The fourth-order valence-electron chi connectivity index (χ4n) is 2.48. The SMILES string of the molecule is CC(C)(C)OC(=O)N1CC(C#N)(c2ccc(CN=O)cc2Br)C1. The van der Waals surface area contributed by atoms with Crippen LogP contribution < -0.4 is 0 Å². The van der Waals surface area contributed by atoms with Crippen molar-refractivity contribution in [2.75, 3.05) is 13.1 Å². The Kier molecular flexibility index (Phi) is 4.76. The van der Waals surface area contributed by atoms with Crippen molar-refractivity contribution in [1.29, 1.82) is 5.26 Å². The summed E-state index contributed by atoms with van der Waals surface area (Å²) in [4.78, 5) is 23.9. The molecule has 2 rings (SSSR count). The van der Waals surface area contributed by atoms with Gasteiger partial charge in [-0.1, -0.05) is 33.2 Å². The van der Waals surface area contributed by atoms with Crippen LogP contribution in [0.3, 0.4) is 0 Å². The Morgan fingerprint density at radius 2 is 2.13 bits per heavy atom. The van der Waals surface area contributed by atoms with E-state index < -0.39 is 17.1 Å². The summed E-state index contributed by atoms with van der Waals surface area (Å²) in [6.45, 7) is 6.06. The van der Waals surface area contributed by atoms with Crippen molar-refractivity contribution < 1.29 is 9.53 Å². The van der Waals surface area contributed by atoms with E-state index in [0.29, 0.717) is 0 Å². The predicted octanol–water partition coefficient (Wildman–Crippen LogP) is 3.73. The number of nitroso groups, excluding NO2 is 1. The van der Waals surface area contributed by atoms with Gasteiger partial charge in [0.05, 0.1) is 6.07 Å². The number of nitrogens with zero attached hydrogens (tertiary/aromatic N) is 3. The first-order chi connectivity index (χ1) is 10.7. The molecule has 0 unspecified atom stereocenters. The van der Waals surface area contributed by atoms with E-state index in [2.05, 4.69) is 27.2 Å². The lowest BCUT2D eigenvalue weighted by molar-refractivity contribution is -0.000549. The van der Waals surface area contributed by atoms with Gasteiger partial charge >= 0.3 is 6.09 Å². The first-order valence-electron chi connectivity index (χ1n) is 7.18. The van der Waals surface area contributed by atoms with E-state index in [9.17, 15) is 15.0 Å². The lowest BCUT2D eigenvalue weighted by atomic mass is 9.75. The molecule has 1 fully saturated rings. The topological polar surface area (TPSA) is 82.8 Å². The molecule has 7 heteroatoms. The second kappa shape index (κ2) is 6.28. The summed E-state index contributed by atoms with van der Waals surface area (Å²) in [6, 6.07) is 7.67. The Bertz CT molecular complexity index is 670. The molecule has 0 radical (unpaired) electrons. The normalized spacial score (nSPS) is 16.2. The standard InChI is InChI=1S/C16H18BrN3O3/c1-15(2,3)23-14(21)20-9-16(8-18,10-20)12-5-4-11(7-19-22)6-13(12)17/h4-6H,7,9-10H2,1-3H3. The van der Waals surface area contributed by atoms with Crippen molar-refractivity contribution in [3.63, 3.8) is 0 Å². The molecule has 0 bridgehead atoms. The molecule has 6 nitrogen and oxygen atoms in total. The van der Waals surface area contributed by atoms with Crippen LogP contribution in [0, 0.1) is 16.2 Å². The van der Waals surface area contributed by atoms with Crippen molar-refractivity contribution in [3.8, 4) is 6.07 Å². The quantitative estimate of drug-likeness (QED) is 0.749. The number of carbonyl (C=O) groups excluding carboxylic acids is 1. The van der Waals surface area contributed by atoms with Crippen LogP contribution in [0.4, 0.5) is 4.79 Å². The number of amides is 1. The molecule has 1 aliphatic rings. The molecule has 1 heterocycles. The molecule has 1 saturated heterocycles. The molecule has 122 valence electrons. The molecule has 1 aromatic rings. The average Bonchev–Trinajstić information content (AvgIpc) is 2.38. The Morgan fingerprint density at radius 1 is 1.48 bits per heavy atom. The Labute approximate surface area is 143 Å². The third kappa shape index (κ3) is 3.70. The third-order valence-corrected chi connectivity index (χ3v) is 4.24. The van der Waals surface area contributed by atoms with Gasteiger partial charge in [-0.2, -0.15) is 10.2 Å². The van der Waals surface area contributed by atoms with E-state index in [1.807, 2.05) is 0 Å². The zero-order chi connectivity index (χ0) is 17.3. The molecule has 23 heavy (non-hydrogen) atoms. The van der Waals surface area contributed by atoms with Crippen molar-refractivity contribution in [2.24, 2.45) is 5.18 Å². The van der Waals surface area contributed by atoms with E-state index in [1.54, 1.807) is 39.0 Å². The highest BCUT2D eigenvalue weighted by Crippen LogP contribution is 2.39. The lowest BCUT2D eigenvalue weighted by Crippen LogP contribution is -2.61. The largest absolute Gasteiger partial charge is 0.444 e. The van der Waals surface area contributed by atoms with Crippen LogP contribution in [0.2, 0.25) is 0 Å². The van der Waals surface area contributed by atoms with Gasteiger partial charge in [-0.15, -0.1) is 0 Å².